The van der Waals surface area contributed by atoms with Gasteiger partial charge in [-0.2, -0.15) is 5.26 Å². The number of nitrogens with zero attached hydrogens (tertiary/aromatic N) is 1. The van der Waals surface area contributed by atoms with E-state index < -0.39 is 5.82 Å². The molecule has 96 valence electrons. The molecular weight excluding hydrogens is 286 g/mol. The standard InChI is InChI=1S/C14H9Cl2FN2/c15-11-2-1-3-13(14(11)16)19-8-10-5-4-9(7-18)6-12(10)17/h1-6,19H,8H2. The van der Waals surface area contributed by atoms with Crippen LogP contribution in [0.1, 0.15) is 11.1 Å². The fourth-order valence-corrected chi connectivity index (χ4v) is 1.96. The average molecular weight is 295 g/mol. The van der Waals surface area contributed by atoms with Gasteiger partial charge in [0.25, 0.3) is 0 Å². The maximum atomic E-state index is 13.7. The van der Waals surface area contributed by atoms with E-state index in [-0.39, 0.29) is 6.54 Å². The lowest BCUT2D eigenvalue weighted by atomic mass is 10.1. The van der Waals surface area contributed by atoms with Crippen molar-refractivity contribution < 1.29 is 4.39 Å². The number of rotatable bonds is 3. The van der Waals surface area contributed by atoms with Crippen LogP contribution in [0.25, 0.3) is 0 Å². The minimum Gasteiger partial charge on any atom is -0.380 e. The molecule has 2 rings (SSSR count). The summed E-state index contributed by atoms with van der Waals surface area (Å²) in [7, 11) is 0. The quantitative estimate of drug-likeness (QED) is 0.897. The van der Waals surface area contributed by atoms with E-state index in [0.29, 0.717) is 26.9 Å². The van der Waals surface area contributed by atoms with E-state index in [9.17, 15) is 4.39 Å². The van der Waals surface area contributed by atoms with Gasteiger partial charge in [0.15, 0.2) is 0 Å². The minimum atomic E-state index is -0.426. The maximum Gasteiger partial charge on any atom is 0.129 e. The van der Waals surface area contributed by atoms with Crippen molar-refractivity contribution in [3.8, 4) is 6.07 Å². The number of hydrogen-bond acceptors (Lipinski definition) is 2. The summed E-state index contributed by atoms with van der Waals surface area (Å²) in [5.74, 6) is -0.426. The lowest BCUT2D eigenvalue weighted by Gasteiger charge is -2.10. The molecular formula is C14H9Cl2FN2. The lowest BCUT2D eigenvalue weighted by Crippen LogP contribution is -2.02. The third-order valence-corrected chi connectivity index (χ3v) is 3.42. The van der Waals surface area contributed by atoms with E-state index >= 15 is 0 Å². The maximum absolute atomic E-state index is 13.7. The average Bonchev–Trinajstić information content (AvgIpc) is 2.41. The second-order valence-electron chi connectivity index (χ2n) is 3.87. The molecule has 1 N–H and O–H groups in total. The number of nitrogens with one attached hydrogen (secondary N) is 1. The fourth-order valence-electron chi connectivity index (χ4n) is 1.59. The molecule has 0 radical (unpaired) electrons. The van der Waals surface area contributed by atoms with E-state index in [4.69, 9.17) is 28.5 Å². The van der Waals surface area contributed by atoms with Crippen LogP contribution >= 0.6 is 23.2 Å². The van der Waals surface area contributed by atoms with Gasteiger partial charge >= 0.3 is 0 Å². The first-order chi connectivity index (χ1) is 9.11. The number of benzene rings is 2. The smallest absolute Gasteiger partial charge is 0.129 e. The van der Waals surface area contributed by atoms with Crippen LogP contribution in [-0.4, -0.2) is 0 Å². The molecule has 0 aromatic heterocycles. The van der Waals surface area contributed by atoms with E-state index in [2.05, 4.69) is 5.32 Å². The summed E-state index contributed by atoms with van der Waals surface area (Å²) in [5.41, 5.74) is 1.38. The zero-order chi connectivity index (χ0) is 13.8. The Morgan fingerprint density at radius 1 is 1.21 bits per heavy atom. The Labute approximate surface area is 120 Å². The minimum absolute atomic E-state index is 0.262. The van der Waals surface area contributed by atoms with Crippen LogP contribution in [0.3, 0.4) is 0 Å². The molecule has 19 heavy (non-hydrogen) atoms. The summed E-state index contributed by atoms with van der Waals surface area (Å²) >= 11 is 11.9. The van der Waals surface area contributed by atoms with Crippen molar-refractivity contribution in [1.29, 1.82) is 5.26 Å². The molecule has 2 aromatic carbocycles. The van der Waals surface area contributed by atoms with Crippen molar-refractivity contribution in [3.05, 3.63) is 63.4 Å². The summed E-state index contributed by atoms with van der Waals surface area (Å²) in [6.07, 6.45) is 0. The van der Waals surface area contributed by atoms with Crippen molar-refractivity contribution in [2.75, 3.05) is 5.32 Å². The van der Waals surface area contributed by atoms with E-state index in [0.717, 1.165) is 0 Å². The van der Waals surface area contributed by atoms with Gasteiger partial charge in [-0.05, 0) is 24.3 Å². The Hall–Kier alpha value is -1.76. The highest BCUT2D eigenvalue weighted by Gasteiger charge is 2.06. The molecule has 0 fully saturated rings. The summed E-state index contributed by atoms with van der Waals surface area (Å²) < 4.78 is 13.7. The fraction of sp³-hybridized carbons (Fsp3) is 0.0714. The first-order valence-corrected chi connectivity index (χ1v) is 6.24. The van der Waals surface area contributed by atoms with E-state index in [1.54, 1.807) is 30.3 Å². The third-order valence-electron chi connectivity index (χ3n) is 2.60. The van der Waals surface area contributed by atoms with Crippen LogP contribution in [-0.2, 0) is 6.54 Å². The predicted octanol–water partition coefficient (Wildman–Crippen LogP) is 4.62. The summed E-state index contributed by atoms with van der Waals surface area (Å²) in [4.78, 5) is 0. The van der Waals surface area contributed by atoms with Gasteiger partial charge in [-0.25, -0.2) is 4.39 Å². The van der Waals surface area contributed by atoms with E-state index in [1.165, 1.54) is 6.07 Å². The molecule has 0 aliphatic carbocycles. The Kier molecular flexibility index (Phi) is 4.26. The summed E-state index contributed by atoms with van der Waals surface area (Å²) in [6, 6.07) is 11.4. The summed E-state index contributed by atoms with van der Waals surface area (Å²) in [5, 5.41) is 12.5. The highest BCUT2D eigenvalue weighted by molar-refractivity contribution is 6.43. The number of anilines is 1. The van der Waals surface area contributed by atoms with Crippen molar-refractivity contribution in [3.63, 3.8) is 0 Å². The van der Waals surface area contributed by atoms with Gasteiger partial charge in [0, 0.05) is 12.1 Å². The van der Waals surface area contributed by atoms with Gasteiger partial charge in [-0.3, -0.25) is 0 Å². The third kappa shape index (κ3) is 3.17. The van der Waals surface area contributed by atoms with Crippen molar-refractivity contribution in [2.45, 2.75) is 6.54 Å². The molecule has 0 bridgehead atoms. The SMILES string of the molecule is N#Cc1ccc(CNc2cccc(Cl)c2Cl)c(F)c1. The predicted molar refractivity (Wildman–Crippen MR) is 74.9 cm³/mol. The van der Waals surface area contributed by atoms with Crippen molar-refractivity contribution in [1.82, 2.24) is 0 Å². The zero-order valence-electron chi connectivity index (χ0n) is 9.75. The topological polar surface area (TPSA) is 35.8 Å². The lowest BCUT2D eigenvalue weighted by molar-refractivity contribution is 0.612. The van der Waals surface area contributed by atoms with Crippen LogP contribution in [0.4, 0.5) is 10.1 Å². The molecule has 0 spiro atoms. The van der Waals surface area contributed by atoms with Gasteiger partial charge < -0.3 is 5.32 Å². The van der Waals surface area contributed by atoms with Crippen LogP contribution in [0.5, 0.6) is 0 Å². The molecule has 0 saturated heterocycles. The first kappa shape index (κ1) is 13.7. The first-order valence-electron chi connectivity index (χ1n) is 5.48. The second kappa shape index (κ2) is 5.92. The Morgan fingerprint density at radius 3 is 2.68 bits per heavy atom. The second-order valence-corrected chi connectivity index (χ2v) is 4.66. The van der Waals surface area contributed by atoms with Gasteiger partial charge in [0.1, 0.15) is 5.82 Å². The monoisotopic (exact) mass is 294 g/mol. The highest BCUT2D eigenvalue weighted by atomic mass is 35.5. The molecule has 0 heterocycles. The molecule has 0 unspecified atom stereocenters. The molecule has 5 heteroatoms. The van der Waals surface area contributed by atoms with Gasteiger partial charge in [0.2, 0.25) is 0 Å². The van der Waals surface area contributed by atoms with Crippen LogP contribution in [0.2, 0.25) is 10.0 Å². The normalized spacial score (nSPS) is 10.0. The van der Waals surface area contributed by atoms with Gasteiger partial charge in [0.05, 0.1) is 27.4 Å². The number of halogens is 3. The zero-order valence-corrected chi connectivity index (χ0v) is 11.3. The van der Waals surface area contributed by atoms with E-state index in [1.807, 2.05) is 6.07 Å². The molecule has 0 aliphatic rings. The largest absolute Gasteiger partial charge is 0.380 e. The van der Waals surface area contributed by atoms with Crippen molar-refractivity contribution in [2.24, 2.45) is 0 Å². The number of hydrogen-bond donors (Lipinski definition) is 1. The molecule has 2 nitrogen and oxygen atoms in total. The summed E-state index contributed by atoms with van der Waals surface area (Å²) in [6.45, 7) is 0.262. The van der Waals surface area contributed by atoms with Gasteiger partial charge in [-0.15, -0.1) is 0 Å². The van der Waals surface area contributed by atoms with Crippen LogP contribution in [0, 0.1) is 17.1 Å². The Balaban J connectivity index is 2.15. The Morgan fingerprint density at radius 2 is 2.00 bits per heavy atom. The molecule has 0 saturated carbocycles. The molecule has 0 atom stereocenters. The Bertz CT molecular complexity index is 650. The van der Waals surface area contributed by atoms with Crippen LogP contribution in [0.15, 0.2) is 36.4 Å². The number of nitriles is 1. The van der Waals surface area contributed by atoms with Crippen molar-refractivity contribution >= 4 is 28.9 Å². The van der Waals surface area contributed by atoms with Gasteiger partial charge in [-0.1, -0.05) is 35.3 Å². The molecule has 0 aliphatic heterocycles. The molecule has 2 aromatic rings. The molecule has 0 amide bonds. The van der Waals surface area contributed by atoms with Crippen LogP contribution < -0.4 is 5.32 Å². The highest BCUT2D eigenvalue weighted by Crippen LogP contribution is 2.29.